The molecule has 2 N–H and O–H groups in total. The Bertz CT molecular complexity index is 479. The lowest BCUT2D eigenvalue weighted by molar-refractivity contribution is -0.141. The summed E-state index contributed by atoms with van der Waals surface area (Å²) in [6.45, 7) is 7.53. The highest BCUT2D eigenvalue weighted by atomic mass is 19.4. The van der Waals surface area contributed by atoms with Crippen molar-refractivity contribution in [1.29, 1.82) is 0 Å². The van der Waals surface area contributed by atoms with Gasteiger partial charge < -0.3 is 10.6 Å². The van der Waals surface area contributed by atoms with Gasteiger partial charge in [0.2, 0.25) is 0 Å². The van der Waals surface area contributed by atoms with Gasteiger partial charge in [0, 0.05) is 38.3 Å². The van der Waals surface area contributed by atoms with Crippen LogP contribution >= 0.6 is 0 Å². The molecule has 1 aliphatic rings. The molecule has 1 aromatic rings. The van der Waals surface area contributed by atoms with Crippen LogP contribution in [0.25, 0.3) is 0 Å². The molecule has 2 heterocycles. The van der Waals surface area contributed by atoms with Crippen molar-refractivity contribution >= 4 is 5.82 Å². The first-order valence-electron chi connectivity index (χ1n) is 6.98. The fraction of sp³-hybridized carbons (Fsp3) is 0.643. The molecule has 21 heavy (non-hydrogen) atoms. The fourth-order valence-corrected chi connectivity index (χ4v) is 2.43. The number of piperazine rings is 1. The molecule has 1 aromatic heterocycles. The summed E-state index contributed by atoms with van der Waals surface area (Å²) in [6, 6.07) is 4.03. The minimum absolute atomic E-state index is 0.0899. The zero-order chi connectivity index (χ0) is 15.7. The summed E-state index contributed by atoms with van der Waals surface area (Å²) in [7, 11) is 0. The number of rotatable bonds is 3. The number of nitrogens with zero attached hydrogens (tertiary/aromatic N) is 3. The molecular weight excluding hydrogens is 281 g/mol. The monoisotopic (exact) mass is 302 g/mol. The number of hydrogen-bond acceptors (Lipinski definition) is 4. The van der Waals surface area contributed by atoms with Crippen molar-refractivity contribution in [2.24, 2.45) is 5.73 Å². The predicted molar refractivity (Wildman–Crippen MR) is 76.2 cm³/mol. The quantitative estimate of drug-likeness (QED) is 0.927. The van der Waals surface area contributed by atoms with Crippen LogP contribution in [0.1, 0.15) is 19.5 Å². The molecule has 0 saturated carbocycles. The molecule has 0 radical (unpaired) electrons. The Morgan fingerprint density at radius 1 is 1.14 bits per heavy atom. The maximum absolute atomic E-state index is 12.7. The van der Waals surface area contributed by atoms with Gasteiger partial charge in [-0.05, 0) is 26.0 Å². The van der Waals surface area contributed by atoms with E-state index >= 15 is 0 Å². The van der Waals surface area contributed by atoms with Crippen LogP contribution in [-0.4, -0.2) is 48.1 Å². The molecule has 118 valence electrons. The third-order valence-electron chi connectivity index (χ3n) is 3.98. The van der Waals surface area contributed by atoms with E-state index in [1.807, 2.05) is 4.90 Å². The average molecular weight is 302 g/mol. The minimum Gasteiger partial charge on any atom is -0.354 e. The normalized spacial score (nSPS) is 18.1. The smallest absolute Gasteiger partial charge is 0.354 e. The lowest BCUT2D eigenvalue weighted by Gasteiger charge is -2.43. The molecule has 0 amide bonds. The highest BCUT2D eigenvalue weighted by Crippen LogP contribution is 2.29. The Morgan fingerprint density at radius 2 is 1.76 bits per heavy atom. The molecule has 0 atom stereocenters. The van der Waals surface area contributed by atoms with Gasteiger partial charge in [-0.2, -0.15) is 13.2 Å². The molecular formula is C14H21F3N4. The van der Waals surface area contributed by atoms with E-state index in [0.717, 1.165) is 19.2 Å². The molecule has 4 nitrogen and oxygen atoms in total. The zero-order valence-electron chi connectivity index (χ0n) is 12.3. The number of aromatic nitrogens is 1. The third-order valence-corrected chi connectivity index (χ3v) is 3.98. The van der Waals surface area contributed by atoms with Gasteiger partial charge in [-0.15, -0.1) is 0 Å². The maximum atomic E-state index is 12.7. The zero-order valence-corrected chi connectivity index (χ0v) is 12.3. The SMILES string of the molecule is CC(C)(CN)N1CCN(c2cccc(C(F)(F)F)n2)CC1. The Hall–Kier alpha value is -1.34. The van der Waals surface area contributed by atoms with Crippen LogP contribution in [0, 0.1) is 0 Å². The topological polar surface area (TPSA) is 45.4 Å². The van der Waals surface area contributed by atoms with Gasteiger partial charge in [-0.25, -0.2) is 4.98 Å². The van der Waals surface area contributed by atoms with Gasteiger partial charge in [-0.3, -0.25) is 4.90 Å². The summed E-state index contributed by atoms with van der Waals surface area (Å²) in [5, 5.41) is 0. The van der Waals surface area contributed by atoms with E-state index in [1.165, 1.54) is 6.07 Å². The fourth-order valence-electron chi connectivity index (χ4n) is 2.43. The summed E-state index contributed by atoms with van der Waals surface area (Å²) in [4.78, 5) is 7.88. The van der Waals surface area contributed by atoms with Crippen molar-refractivity contribution < 1.29 is 13.2 Å². The van der Waals surface area contributed by atoms with E-state index in [2.05, 4.69) is 23.7 Å². The van der Waals surface area contributed by atoms with E-state index < -0.39 is 11.9 Å². The van der Waals surface area contributed by atoms with Crippen molar-refractivity contribution in [2.75, 3.05) is 37.6 Å². The Balaban J connectivity index is 2.06. The van der Waals surface area contributed by atoms with Crippen LogP contribution in [0.4, 0.5) is 19.0 Å². The molecule has 1 aliphatic heterocycles. The second-order valence-electron chi connectivity index (χ2n) is 5.87. The van der Waals surface area contributed by atoms with E-state index in [1.54, 1.807) is 6.07 Å². The molecule has 2 rings (SSSR count). The van der Waals surface area contributed by atoms with Gasteiger partial charge in [0.25, 0.3) is 0 Å². The molecule has 0 unspecified atom stereocenters. The molecule has 1 fully saturated rings. The third kappa shape index (κ3) is 3.65. The summed E-state index contributed by atoms with van der Waals surface area (Å²) >= 11 is 0. The van der Waals surface area contributed by atoms with Gasteiger partial charge in [0.05, 0.1) is 0 Å². The first-order valence-corrected chi connectivity index (χ1v) is 6.98. The summed E-state index contributed by atoms with van der Waals surface area (Å²) in [5.41, 5.74) is 4.83. The van der Waals surface area contributed by atoms with Crippen LogP contribution in [0.3, 0.4) is 0 Å². The predicted octanol–water partition coefficient (Wildman–Crippen LogP) is 1.96. The van der Waals surface area contributed by atoms with Crippen molar-refractivity contribution in [3.8, 4) is 0 Å². The molecule has 0 aromatic carbocycles. The molecule has 7 heteroatoms. The minimum atomic E-state index is -4.40. The highest BCUT2D eigenvalue weighted by molar-refractivity contribution is 5.40. The second-order valence-corrected chi connectivity index (χ2v) is 5.87. The number of anilines is 1. The van der Waals surface area contributed by atoms with Gasteiger partial charge >= 0.3 is 6.18 Å². The maximum Gasteiger partial charge on any atom is 0.433 e. The lowest BCUT2D eigenvalue weighted by atomic mass is 10.0. The average Bonchev–Trinajstić information content (AvgIpc) is 2.47. The first kappa shape index (κ1) is 16.0. The molecule has 0 aliphatic carbocycles. The van der Waals surface area contributed by atoms with E-state index in [0.29, 0.717) is 25.5 Å². The van der Waals surface area contributed by atoms with Crippen LogP contribution in [-0.2, 0) is 6.18 Å². The molecule has 0 spiro atoms. The summed E-state index contributed by atoms with van der Waals surface area (Å²) in [5.74, 6) is 0.384. The second kappa shape index (κ2) is 5.81. The Labute approximate surface area is 122 Å². The molecule has 0 bridgehead atoms. The van der Waals surface area contributed by atoms with Gasteiger partial charge in [-0.1, -0.05) is 6.07 Å². The number of nitrogens with two attached hydrogens (primary N) is 1. The van der Waals surface area contributed by atoms with E-state index in [-0.39, 0.29) is 5.54 Å². The number of hydrogen-bond donors (Lipinski definition) is 1. The van der Waals surface area contributed by atoms with E-state index in [4.69, 9.17) is 5.73 Å². The highest BCUT2D eigenvalue weighted by Gasteiger charge is 2.33. The van der Waals surface area contributed by atoms with Crippen molar-refractivity contribution in [1.82, 2.24) is 9.88 Å². The van der Waals surface area contributed by atoms with Gasteiger partial charge in [0.15, 0.2) is 0 Å². The van der Waals surface area contributed by atoms with Crippen LogP contribution in [0.5, 0.6) is 0 Å². The Kier molecular flexibility index (Phi) is 4.43. The Morgan fingerprint density at radius 3 is 2.29 bits per heavy atom. The lowest BCUT2D eigenvalue weighted by Crippen LogP contribution is -2.57. The van der Waals surface area contributed by atoms with Crippen LogP contribution in [0.2, 0.25) is 0 Å². The largest absolute Gasteiger partial charge is 0.433 e. The van der Waals surface area contributed by atoms with Crippen molar-refractivity contribution in [2.45, 2.75) is 25.6 Å². The number of halogens is 3. The van der Waals surface area contributed by atoms with Crippen molar-refractivity contribution in [3.63, 3.8) is 0 Å². The van der Waals surface area contributed by atoms with Gasteiger partial charge in [0.1, 0.15) is 11.5 Å². The van der Waals surface area contributed by atoms with E-state index in [9.17, 15) is 13.2 Å². The molecule has 1 saturated heterocycles. The number of pyridine rings is 1. The standard InChI is InChI=1S/C14H21F3N4/c1-13(2,10-18)21-8-6-20(7-9-21)12-5-3-4-11(19-12)14(15,16)17/h3-5H,6-10,18H2,1-2H3. The van der Waals surface area contributed by atoms with Crippen LogP contribution in [0.15, 0.2) is 18.2 Å². The summed E-state index contributed by atoms with van der Waals surface area (Å²) in [6.07, 6.45) is -4.40. The van der Waals surface area contributed by atoms with Crippen molar-refractivity contribution in [3.05, 3.63) is 23.9 Å². The van der Waals surface area contributed by atoms with Crippen LogP contribution < -0.4 is 10.6 Å². The summed E-state index contributed by atoms with van der Waals surface area (Å²) < 4.78 is 38.1. The number of alkyl halides is 3. The first-order chi connectivity index (χ1) is 9.74.